The third kappa shape index (κ3) is 5.91. The number of aromatic nitrogens is 1. The first kappa shape index (κ1) is 24.7. The highest BCUT2D eigenvalue weighted by atomic mass is 79.9. The van der Waals surface area contributed by atoms with E-state index in [2.05, 4.69) is 63.1 Å². The van der Waals surface area contributed by atoms with Crippen LogP contribution in [0, 0.1) is 27.7 Å². The van der Waals surface area contributed by atoms with Gasteiger partial charge in [0.25, 0.3) is 5.91 Å². The minimum Gasteiger partial charge on any atom is -0.318 e. The van der Waals surface area contributed by atoms with E-state index in [-0.39, 0.29) is 6.54 Å². The maximum Gasteiger partial charge on any atom is 0.260 e. The van der Waals surface area contributed by atoms with Crippen LogP contribution < -0.4 is 9.73 Å². The van der Waals surface area contributed by atoms with Crippen molar-refractivity contribution >= 4 is 43.8 Å². The van der Waals surface area contributed by atoms with Gasteiger partial charge in [-0.25, -0.2) is 13.8 Å². The molecule has 33 heavy (non-hydrogen) atoms. The number of aryl methyl sites for hydroxylation is 3. The molecule has 7 nitrogen and oxygen atoms in total. The molecular formula is C24H27BrN4O3S. The van der Waals surface area contributed by atoms with Gasteiger partial charge in [0.15, 0.2) is 0 Å². The van der Waals surface area contributed by atoms with Crippen LogP contribution in [0.5, 0.6) is 0 Å². The summed E-state index contributed by atoms with van der Waals surface area (Å²) in [6.07, 6.45) is 2.63. The summed E-state index contributed by atoms with van der Waals surface area (Å²) in [5, 5.41) is 4.06. The van der Waals surface area contributed by atoms with E-state index in [1.165, 1.54) is 11.1 Å². The number of anilines is 1. The zero-order chi connectivity index (χ0) is 24.3. The van der Waals surface area contributed by atoms with Crippen molar-refractivity contribution in [1.82, 2.24) is 9.99 Å². The molecule has 0 aliphatic heterocycles. The third-order valence-electron chi connectivity index (χ3n) is 5.40. The van der Waals surface area contributed by atoms with Crippen LogP contribution in [-0.4, -0.2) is 37.9 Å². The van der Waals surface area contributed by atoms with Crippen molar-refractivity contribution in [3.63, 3.8) is 0 Å². The van der Waals surface area contributed by atoms with Gasteiger partial charge in [0, 0.05) is 27.1 Å². The molecule has 0 aliphatic rings. The van der Waals surface area contributed by atoms with Gasteiger partial charge in [0.05, 0.1) is 18.2 Å². The number of hydrogen-bond acceptors (Lipinski definition) is 4. The number of carbonyl (C=O) groups excluding carboxylic acids is 1. The molecule has 3 aromatic rings. The van der Waals surface area contributed by atoms with E-state index < -0.39 is 15.9 Å². The minimum absolute atomic E-state index is 0.381. The first-order chi connectivity index (χ1) is 15.5. The quantitative estimate of drug-likeness (QED) is 0.363. The van der Waals surface area contributed by atoms with Gasteiger partial charge in [0.1, 0.15) is 6.54 Å². The van der Waals surface area contributed by atoms with Crippen LogP contribution in [0.15, 0.2) is 58.1 Å². The Labute approximate surface area is 203 Å². The second-order valence-electron chi connectivity index (χ2n) is 7.97. The summed E-state index contributed by atoms with van der Waals surface area (Å²) in [6, 6.07) is 15.1. The lowest BCUT2D eigenvalue weighted by atomic mass is 10.1. The Hall–Kier alpha value is -2.91. The highest BCUT2D eigenvalue weighted by Gasteiger charge is 2.21. The number of halogens is 1. The van der Waals surface area contributed by atoms with Crippen LogP contribution in [0.25, 0.3) is 5.69 Å². The molecule has 0 fully saturated rings. The molecule has 0 bridgehead atoms. The highest BCUT2D eigenvalue weighted by molar-refractivity contribution is 9.10. The summed E-state index contributed by atoms with van der Waals surface area (Å²) in [4.78, 5) is 12.4. The molecular weight excluding hydrogens is 504 g/mol. The molecule has 1 heterocycles. The number of nitrogens with zero attached hydrogens (tertiary/aromatic N) is 3. The van der Waals surface area contributed by atoms with Crippen LogP contribution in [-0.2, 0) is 14.8 Å². The van der Waals surface area contributed by atoms with Gasteiger partial charge in [-0.15, -0.1) is 0 Å². The fourth-order valence-electron chi connectivity index (χ4n) is 3.55. The van der Waals surface area contributed by atoms with Crippen LogP contribution in [0.2, 0.25) is 0 Å². The maximum absolute atomic E-state index is 12.4. The fourth-order valence-corrected chi connectivity index (χ4v) is 4.79. The molecule has 0 spiro atoms. The molecule has 0 saturated heterocycles. The zero-order valence-electron chi connectivity index (χ0n) is 19.3. The van der Waals surface area contributed by atoms with Crippen LogP contribution in [0.4, 0.5) is 5.69 Å². The summed E-state index contributed by atoms with van der Waals surface area (Å²) in [6.45, 7) is 7.79. The Morgan fingerprint density at radius 1 is 1.09 bits per heavy atom. The largest absolute Gasteiger partial charge is 0.318 e. The normalized spacial score (nSPS) is 11.7. The van der Waals surface area contributed by atoms with Crippen molar-refractivity contribution in [2.24, 2.45) is 5.10 Å². The molecule has 1 N–H and O–H groups in total. The average molecular weight is 531 g/mol. The average Bonchev–Trinajstić information content (AvgIpc) is 3.00. The van der Waals surface area contributed by atoms with Gasteiger partial charge >= 0.3 is 0 Å². The van der Waals surface area contributed by atoms with Crippen molar-refractivity contribution in [2.45, 2.75) is 27.7 Å². The molecule has 9 heteroatoms. The lowest BCUT2D eigenvalue weighted by Gasteiger charge is -2.21. The Morgan fingerprint density at radius 3 is 2.45 bits per heavy atom. The van der Waals surface area contributed by atoms with E-state index in [4.69, 9.17) is 0 Å². The number of amides is 1. The van der Waals surface area contributed by atoms with E-state index in [1.807, 2.05) is 19.9 Å². The lowest BCUT2D eigenvalue weighted by Crippen LogP contribution is -2.39. The second-order valence-corrected chi connectivity index (χ2v) is 10.8. The summed E-state index contributed by atoms with van der Waals surface area (Å²) in [5.74, 6) is -0.542. The van der Waals surface area contributed by atoms with E-state index in [0.717, 1.165) is 33.2 Å². The van der Waals surface area contributed by atoms with E-state index in [0.29, 0.717) is 10.2 Å². The number of benzene rings is 2. The minimum atomic E-state index is -3.66. The number of hydrogen-bond donors (Lipinski definition) is 1. The van der Waals surface area contributed by atoms with Gasteiger partial charge in [0.2, 0.25) is 10.0 Å². The number of sulfonamides is 1. The smallest absolute Gasteiger partial charge is 0.260 e. The predicted molar refractivity (Wildman–Crippen MR) is 137 cm³/mol. The van der Waals surface area contributed by atoms with Gasteiger partial charge in [-0.1, -0.05) is 28.1 Å². The predicted octanol–water partition coefficient (Wildman–Crippen LogP) is 4.39. The van der Waals surface area contributed by atoms with Crippen molar-refractivity contribution in [1.29, 1.82) is 0 Å². The Bertz CT molecular complexity index is 1330. The van der Waals surface area contributed by atoms with Gasteiger partial charge < -0.3 is 4.57 Å². The highest BCUT2D eigenvalue weighted by Crippen LogP contribution is 2.23. The van der Waals surface area contributed by atoms with Crippen LogP contribution >= 0.6 is 15.9 Å². The summed E-state index contributed by atoms with van der Waals surface area (Å²) >= 11 is 3.32. The number of carbonyl (C=O) groups is 1. The summed E-state index contributed by atoms with van der Waals surface area (Å²) < 4.78 is 28.3. The van der Waals surface area contributed by atoms with Crippen molar-refractivity contribution in [3.05, 3.63) is 81.1 Å². The second kappa shape index (κ2) is 9.93. The number of nitrogens with one attached hydrogen (secondary N) is 1. The third-order valence-corrected chi connectivity index (χ3v) is 7.03. The molecule has 0 saturated carbocycles. The molecule has 0 aliphatic carbocycles. The van der Waals surface area contributed by atoms with Crippen molar-refractivity contribution in [2.75, 3.05) is 17.1 Å². The summed E-state index contributed by atoms with van der Waals surface area (Å²) in [5.41, 5.74) is 9.22. The van der Waals surface area contributed by atoms with E-state index in [1.54, 1.807) is 30.5 Å². The molecule has 0 radical (unpaired) electrons. The zero-order valence-corrected chi connectivity index (χ0v) is 21.7. The van der Waals surface area contributed by atoms with E-state index in [9.17, 15) is 13.2 Å². The first-order valence-corrected chi connectivity index (χ1v) is 12.9. The Kier molecular flexibility index (Phi) is 7.44. The molecule has 2 aromatic carbocycles. The van der Waals surface area contributed by atoms with Crippen LogP contribution in [0.3, 0.4) is 0 Å². The first-order valence-electron chi connectivity index (χ1n) is 10.3. The molecule has 1 aromatic heterocycles. The topological polar surface area (TPSA) is 83.8 Å². The van der Waals surface area contributed by atoms with Crippen molar-refractivity contribution in [3.8, 4) is 5.69 Å². The Balaban J connectivity index is 1.75. The molecule has 3 rings (SSSR count). The number of rotatable bonds is 7. The number of hydrazone groups is 1. The fraction of sp³-hybridized carbons (Fsp3) is 0.250. The van der Waals surface area contributed by atoms with Gasteiger partial charge in [-0.3, -0.25) is 9.10 Å². The lowest BCUT2D eigenvalue weighted by molar-refractivity contribution is -0.119. The van der Waals surface area contributed by atoms with E-state index >= 15 is 0 Å². The standard InChI is InChI=1S/C24H27BrN4O3S/c1-16-9-10-23(11-17(16)2)29-18(3)12-20(19(29)4)14-26-27-24(30)15-28(33(5,31)32)22-8-6-7-21(25)13-22/h6-14H,15H2,1-5H3,(H,27,30)/b26-14+. The van der Waals surface area contributed by atoms with Gasteiger partial charge in [-0.05, 0) is 75.2 Å². The summed E-state index contributed by atoms with van der Waals surface area (Å²) in [7, 11) is -3.66. The molecule has 1 amide bonds. The van der Waals surface area contributed by atoms with Crippen molar-refractivity contribution < 1.29 is 13.2 Å². The monoisotopic (exact) mass is 530 g/mol. The molecule has 0 atom stereocenters. The maximum atomic E-state index is 12.4. The molecule has 174 valence electrons. The Morgan fingerprint density at radius 2 is 1.82 bits per heavy atom. The SMILES string of the molecule is Cc1ccc(-n2c(C)cc(/C=N/NC(=O)CN(c3cccc(Br)c3)S(C)(=O)=O)c2C)cc1C. The van der Waals surface area contributed by atoms with Gasteiger partial charge in [-0.2, -0.15) is 5.10 Å². The molecule has 0 unspecified atom stereocenters. The van der Waals surface area contributed by atoms with Crippen LogP contribution in [0.1, 0.15) is 28.1 Å².